The average molecular weight is 451 g/mol. The Kier molecular flexibility index (Phi) is 5.78. The molecule has 1 amide bonds. The van der Waals surface area contributed by atoms with Gasteiger partial charge in [0.1, 0.15) is 0 Å². The largest absolute Gasteiger partial charge is 0.352 e. The second-order valence-corrected chi connectivity index (χ2v) is 9.91. The SMILES string of the molecule is CC(C)(C)c1ccc(C(=O)N2CCN(c3ccc(-c4cccc5ccccc45)nn3)CC2)cc1. The fourth-order valence-electron chi connectivity index (χ4n) is 4.52. The zero-order chi connectivity index (χ0) is 23.7. The Hall–Kier alpha value is -3.73. The van der Waals surface area contributed by atoms with E-state index in [-0.39, 0.29) is 11.3 Å². The number of amides is 1. The topological polar surface area (TPSA) is 49.3 Å². The molecule has 1 saturated heterocycles. The van der Waals surface area contributed by atoms with Gasteiger partial charge in [0.15, 0.2) is 5.82 Å². The molecule has 1 aromatic heterocycles. The van der Waals surface area contributed by atoms with Gasteiger partial charge in [-0.25, -0.2) is 0 Å². The first-order chi connectivity index (χ1) is 16.4. The van der Waals surface area contributed by atoms with E-state index >= 15 is 0 Å². The van der Waals surface area contributed by atoms with Crippen molar-refractivity contribution in [2.45, 2.75) is 26.2 Å². The minimum absolute atomic E-state index is 0.0808. The highest BCUT2D eigenvalue weighted by Gasteiger charge is 2.24. The molecule has 172 valence electrons. The zero-order valence-electron chi connectivity index (χ0n) is 20.0. The molecule has 2 heterocycles. The molecule has 0 aliphatic carbocycles. The molecule has 0 spiro atoms. The number of hydrogen-bond acceptors (Lipinski definition) is 4. The summed E-state index contributed by atoms with van der Waals surface area (Å²) in [6.07, 6.45) is 0. The van der Waals surface area contributed by atoms with E-state index in [4.69, 9.17) is 0 Å². The molecule has 5 heteroatoms. The lowest BCUT2D eigenvalue weighted by Crippen LogP contribution is -2.49. The van der Waals surface area contributed by atoms with Crippen molar-refractivity contribution in [1.82, 2.24) is 15.1 Å². The second-order valence-electron chi connectivity index (χ2n) is 9.91. The van der Waals surface area contributed by atoms with Gasteiger partial charge in [0.2, 0.25) is 0 Å². The van der Waals surface area contributed by atoms with Crippen molar-refractivity contribution in [3.05, 3.63) is 90.0 Å². The van der Waals surface area contributed by atoms with Gasteiger partial charge in [-0.1, -0.05) is 75.4 Å². The van der Waals surface area contributed by atoms with Gasteiger partial charge in [-0.3, -0.25) is 4.79 Å². The lowest BCUT2D eigenvalue weighted by Gasteiger charge is -2.35. The Labute approximate surface area is 201 Å². The number of benzene rings is 3. The third-order valence-corrected chi connectivity index (χ3v) is 6.60. The van der Waals surface area contributed by atoms with Crippen molar-refractivity contribution in [3.63, 3.8) is 0 Å². The minimum Gasteiger partial charge on any atom is -0.352 e. The van der Waals surface area contributed by atoms with Gasteiger partial charge in [0, 0.05) is 37.3 Å². The molecule has 5 nitrogen and oxygen atoms in total. The molecular weight excluding hydrogens is 420 g/mol. The predicted molar refractivity (Wildman–Crippen MR) is 138 cm³/mol. The normalized spacial score (nSPS) is 14.4. The third kappa shape index (κ3) is 4.38. The quantitative estimate of drug-likeness (QED) is 0.410. The van der Waals surface area contributed by atoms with Crippen molar-refractivity contribution in [1.29, 1.82) is 0 Å². The van der Waals surface area contributed by atoms with Crippen molar-refractivity contribution in [2.75, 3.05) is 31.1 Å². The summed E-state index contributed by atoms with van der Waals surface area (Å²) in [7, 11) is 0. The van der Waals surface area contributed by atoms with Crippen molar-refractivity contribution < 1.29 is 4.79 Å². The third-order valence-electron chi connectivity index (χ3n) is 6.60. The summed E-state index contributed by atoms with van der Waals surface area (Å²) in [5, 5.41) is 11.4. The first kappa shape index (κ1) is 22.1. The minimum atomic E-state index is 0.0808. The molecule has 1 aliphatic rings. The van der Waals surface area contributed by atoms with Crippen LogP contribution in [0.5, 0.6) is 0 Å². The van der Waals surface area contributed by atoms with Crippen LogP contribution in [0.25, 0.3) is 22.0 Å². The summed E-state index contributed by atoms with van der Waals surface area (Å²) in [5.74, 6) is 0.947. The second kappa shape index (κ2) is 8.90. The molecule has 0 radical (unpaired) electrons. The summed E-state index contributed by atoms with van der Waals surface area (Å²) in [4.78, 5) is 17.1. The Morgan fingerprint density at radius 3 is 2.15 bits per heavy atom. The molecule has 3 aromatic carbocycles. The van der Waals surface area contributed by atoms with Gasteiger partial charge in [-0.15, -0.1) is 10.2 Å². The van der Waals surface area contributed by atoms with E-state index in [0.29, 0.717) is 13.1 Å². The average Bonchev–Trinajstić information content (AvgIpc) is 2.88. The molecule has 0 bridgehead atoms. The lowest BCUT2D eigenvalue weighted by atomic mass is 9.86. The van der Waals surface area contributed by atoms with Gasteiger partial charge in [-0.05, 0) is 46.0 Å². The van der Waals surface area contributed by atoms with E-state index in [9.17, 15) is 4.79 Å². The smallest absolute Gasteiger partial charge is 0.253 e. The summed E-state index contributed by atoms with van der Waals surface area (Å²) in [5.41, 5.74) is 4.02. The highest BCUT2D eigenvalue weighted by Crippen LogP contribution is 2.28. The maximum Gasteiger partial charge on any atom is 0.253 e. The van der Waals surface area contributed by atoms with Crippen LogP contribution in [-0.4, -0.2) is 47.2 Å². The van der Waals surface area contributed by atoms with Crippen LogP contribution < -0.4 is 4.90 Å². The van der Waals surface area contributed by atoms with E-state index in [1.165, 1.54) is 16.3 Å². The highest BCUT2D eigenvalue weighted by atomic mass is 16.2. The first-order valence-corrected chi connectivity index (χ1v) is 11.9. The van der Waals surface area contributed by atoms with Crippen LogP contribution in [0, 0.1) is 0 Å². The van der Waals surface area contributed by atoms with Gasteiger partial charge >= 0.3 is 0 Å². The van der Waals surface area contributed by atoms with E-state index in [1.807, 2.05) is 41.3 Å². The molecule has 0 N–H and O–H groups in total. The molecule has 0 atom stereocenters. The van der Waals surface area contributed by atoms with Crippen LogP contribution in [-0.2, 0) is 5.41 Å². The molecule has 4 aromatic rings. The Morgan fingerprint density at radius 1 is 0.765 bits per heavy atom. The van der Waals surface area contributed by atoms with Gasteiger partial charge < -0.3 is 9.80 Å². The first-order valence-electron chi connectivity index (χ1n) is 11.9. The van der Waals surface area contributed by atoms with Crippen molar-refractivity contribution in [3.8, 4) is 11.3 Å². The van der Waals surface area contributed by atoms with Gasteiger partial charge in [0.25, 0.3) is 5.91 Å². The zero-order valence-corrected chi connectivity index (χ0v) is 20.0. The molecule has 5 rings (SSSR count). The molecule has 1 fully saturated rings. The number of aromatic nitrogens is 2. The molecule has 1 aliphatic heterocycles. The van der Waals surface area contributed by atoms with E-state index in [2.05, 4.69) is 78.3 Å². The fourth-order valence-corrected chi connectivity index (χ4v) is 4.52. The Balaban J connectivity index is 1.25. The number of anilines is 1. The van der Waals surface area contributed by atoms with Crippen LogP contribution >= 0.6 is 0 Å². The van der Waals surface area contributed by atoms with Crippen molar-refractivity contribution in [2.24, 2.45) is 0 Å². The molecule has 0 saturated carbocycles. The fraction of sp³-hybridized carbons (Fsp3) is 0.276. The van der Waals surface area contributed by atoms with Crippen LogP contribution in [0.4, 0.5) is 5.82 Å². The maximum absolute atomic E-state index is 13.0. The van der Waals surface area contributed by atoms with Crippen LogP contribution in [0.1, 0.15) is 36.7 Å². The summed E-state index contributed by atoms with van der Waals surface area (Å²) in [6, 6.07) is 26.7. The van der Waals surface area contributed by atoms with Gasteiger partial charge in [-0.2, -0.15) is 0 Å². The lowest BCUT2D eigenvalue weighted by molar-refractivity contribution is 0.0746. The van der Waals surface area contributed by atoms with E-state index in [0.717, 1.165) is 35.7 Å². The number of hydrogen-bond donors (Lipinski definition) is 0. The summed E-state index contributed by atoms with van der Waals surface area (Å²) in [6.45, 7) is 9.38. The van der Waals surface area contributed by atoms with E-state index < -0.39 is 0 Å². The number of carbonyl (C=O) groups excluding carboxylic acids is 1. The number of rotatable bonds is 3. The summed E-state index contributed by atoms with van der Waals surface area (Å²) >= 11 is 0. The standard InChI is InChI=1S/C29H30N4O/c1-29(2,3)23-13-11-22(12-14-23)28(34)33-19-17-32(18-20-33)27-16-15-26(30-31-27)25-10-6-8-21-7-4-5-9-24(21)25/h4-16H,17-20H2,1-3H3. The van der Waals surface area contributed by atoms with Crippen LogP contribution in [0.15, 0.2) is 78.9 Å². The predicted octanol–water partition coefficient (Wildman–Crippen LogP) is 5.56. The number of nitrogens with zero attached hydrogens (tertiary/aromatic N) is 4. The van der Waals surface area contributed by atoms with Crippen molar-refractivity contribution >= 4 is 22.5 Å². The van der Waals surface area contributed by atoms with E-state index in [1.54, 1.807) is 0 Å². The van der Waals surface area contributed by atoms with Crippen LogP contribution in [0.3, 0.4) is 0 Å². The Bertz CT molecular complexity index is 1290. The molecule has 34 heavy (non-hydrogen) atoms. The highest BCUT2D eigenvalue weighted by molar-refractivity contribution is 5.96. The molecular formula is C29H30N4O. The Morgan fingerprint density at radius 2 is 1.47 bits per heavy atom. The van der Waals surface area contributed by atoms with Gasteiger partial charge in [0.05, 0.1) is 5.69 Å². The number of carbonyl (C=O) groups is 1. The number of fused-ring (bicyclic) bond motifs is 1. The maximum atomic E-state index is 13.0. The number of piperazine rings is 1. The molecule has 0 unspecified atom stereocenters. The monoisotopic (exact) mass is 450 g/mol. The summed E-state index contributed by atoms with van der Waals surface area (Å²) < 4.78 is 0. The van der Waals surface area contributed by atoms with Crippen LogP contribution in [0.2, 0.25) is 0 Å².